The van der Waals surface area contributed by atoms with E-state index < -0.39 is 11.9 Å². The zero-order valence-electron chi connectivity index (χ0n) is 14.9. The number of carbonyl (C=O) groups excluding carboxylic acids is 2. The molecular formula is C20H20ClN3O3. The molecule has 1 atom stereocenters. The van der Waals surface area contributed by atoms with Gasteiger partial charge in [0.05, 0.1) is 11.1 Å². The molecule has 1 heterocycles. The van der Waals surface area contributed by atoms with Crippen molar-refractivity contribution in [3.8, 4) is 0 Å². The highest BCUT2D eigenvalue weighted by molar-refractivity contribution is 6.67. The van der Waals surface area contributed by atoms with Crippen LogP contribution in [0.2, 0.25) is 0 Å². The molecule has 3 rings (SSSR count). The maximum atomic E-state index is 12.6. The second-order valence-corrected chi connectivity index (χ2v) is 6.60. The van der Waals surface area contributed by atoms with Crippen molar-refractivity contribution in [2.75, 3.05) is 13.2 Å². The third kappa shape index (κ3) is 4.65. The molecule has 140 valence electrons. The van der Waals surface area contributed by atoms with Gasteiger partial charge in [0.2, 0.25) is 0 Å². The summed E-state index contributed by atoms with van der Waals surface area (Å²) in [6.07, 6.45) is 0.720. The first kappa shape index (κ1) is 18.9. The Morgan fingerprint density at radius 3 is 2.44 bits per heavy atom. The first-order chi connectivity index (χ1) is 13.1. The molecule has 0 saturated heterocycles. The second-order valence-electron chi connectivity index (χ2n) is 6.21. The number of oxime groups is 1. The molecule has 0 spiro atoms. The Bertz CT molecular complexity index is 882. The van der Waals surface area contributed by atoms with Crippen molar-refractivity contribution in [2.24, 2.45) is 5.16 Å². The van der Waals surface area contributed by atoms with E-state index in [1.807, 2.05) is 31.2 Å². The van der Waals surface area contributed by atoms with E-state index in [0.717, 1.165) is 6.42 Å². The van der Waals surface area contributed by atoms with Crippen LogP contribution in [0.3, 0.4) is 0 Å². The number of aryl methyl sites for hydroxylation is 1. The smallest absolute Gasteiger partial charge is 0.252 e. The molecule has 1 aliphatic heterocycles. The standard InChI is InChI=1S/C20H20ClN3O3/c1-13-6-2-3-7-14(13)10-11-22-19(25)15-8-4-5-9-16(15)20(26)23-17-12-27-24-18(17)21/h2-9,17H,10-12H2,1H3,(H,22,25)(H,23,26). The van der Waals surface area contributed by atoms with E-state index in [1.165, 1.54) is 11.1 Å². The first-order valence-electron chi connectivity index (χ1n) is 8.64. The van der Waals surface area contributed by atoms with E-state index in [1.54, 1.807) is 24.3 Å². The number of carbonyl (C=O) groups is 2. The lowest BCUT2D eigenvalue weighted by molar-refractivity contribution is 0.0902. The van der Waals surface area contributed by atoms with E-state index in [4.69, 9.17) is 16.4 Å². The molecule has 2 aromatic carbocycles. The summed E-state index contributed by atoms with van der Waals surface area (Å²) in [6.45, 7) is 2.70. The van der Waals surface area contributed by atoms with E-state index in [2.05, 4.69) is 15.8 Å². The summed E-state index contributed by atoms with van der Waals surface area (Å²) in [5.74, 6) is -0.694. The average molecular weight is 386 g/mol. The monoisotopic (exact) mass is 385 g/mol. The van der Waals surface area contributed by atoms with Gasteiger partial charge in [-0.15, -0.1) is 0 Å². The maximum Gasteiger partial charge on any atom is 0.252 e. The molecule has 2 N–H and O–H groups in total. The van der Waals surface area contributed by atoms with E-state index in [-0.39, 0.29) is 23.2 Å². The van der Waals surface area contributed by atoms with Crippen LogP contribution in [0.5, 0.6) is 0 Å². The van der Waals surface area contributed by atoms with Gasteiger partial charge in [-0.2, -0.15) is 0 Å². The summed E-state index contributed by atoms with van der Waals surface area (Å²) >= 11 is 5.88. The molecule has 0 aromatic heterocycles. The van der Waals surface area contributed by atoms with Gasteiger partial charge in [0.1, 0.15) is 12.6 Å². The van der Waals surface area contributed by atoms with Crippen LogP contribution in [0, 0.1) is 6.92 Å². The van der Waals surface area contributed by atoms with Crippen LogP contribution in [0.1, 0.15) is 31.8 Å². The van der Waals surface area contributed by atoms with Gasteiger partial charge >= 0.3 is 0 Å². The molecule has 1 aliphatic rings. The molecule has 6 nitrogen and oxygen atoms in total. The predicted octanol–water partition coefficient (Wildman–Crippen LogP) is 2.65. The zero-order chi connectivity index (χ0) is 19.2. The second kappa shape index (κ2) is 8.68. The molecule has 7 heteroatoms. The number of benzene rings is 2. The fourth-order valence-electron chi connectivity index (χ4n) is 2.82. The van der Waals surface area contributed by atoms with Gasteiger partial charge < -0.3 is 15.5 Å². The third-order valence-corrected chi connectivity index (χ3v) is 4.68. The van der Waals surface area contributed by atoms with E-state index in [0.29, 0.717) is 12.1 Å². The Balaban J connectivity index is 1.64. The van der Waals surface area contributed by atoms with Gasteiger partial charge in [0, 0.05) is 6.54 Å². The Labute approximate surface area is 162 Å². The molecule has 0 radical (unpaired) electrons. The highest BCUT2D eigenvalue weighted by atomic mass is 35.5. The summed E-state index contributed by atoms with van der Waals surface area (Å²) in [5, 5.41) is 9.37. The van der Waals surface area contributed by atoms with Crippen LogP contribution < -0.4 is 10.6 Å². The Hall–Kier alpha value is -2.86. The lowest BCUT2D eigenvalue weighted by Crippen LogP contribution is -2.40. The Morgan fingerprint density at radius 1 is 1.11 bits per heavy atom. The lowest BCUT2D eigenvalue weighted by atomic mass is 10.0. The van der Waals surface area contributed by atoms with E-state index >= 15 is 0 Å². The van der Waals surface area contributed by atoms with Gasteiger partial charge in [0.15, 0.2) is 5.17 Å². The van der Waals surface area contributed by atoms with Crippen molar-refractivity contribution < 1.29 is 14.4 Å². The van der Waals surface area contributed by atoms with Gasteiger partial charge in [0.25, 0.3) is 11.8 Å². The molecule has 2 amide bonds. The molecule has 2 aromatic rings. The maximum absolute atomic E-state index is 12.6. The van der Waals surface area contributed by atoms with Gasteiger partial charge in [-0.1, -0.05) is 53.2 Å². The largest absolute Gasteiger partial charge is 0.392 e. The molecule has 1 unspecified atom stereocenters. The number of nitrogens with one attached hydrogen (secondary N) is 2. The number of rotatable bonds is 6. The fraction of sp³-hybridized carbons (Fsp3) is 0.250. The quantitative estimate of drug-likeness (QED) is 0.802. The molecule has 0 bridgehead atoms. The van der Waals surface area contributed by atoms with Gasteiger partial charge in [-0.3, -0.25) is 9.59 Å². The highest BCUT2D eigenvalue weighted by Gasteiger charge is 2.25. The minimum Gasteiger partial charge on any atom is -0.392 e. The molecule has 0 saturated carbocycles. The van der Waals surface area contributed by atoms with Crippen molar-refractivity contribution in [2.45, 2.75) is 19.4 Å². The summed E-state index contributed by atoms with van der Waals surface area (Å²) in [7, 11) is 0. The number of nitrogens with zero attached hydrogens (tertiary/aromatic N) is 1. The lowest BCUT2D eigenvalue weighted by Gasteiger charge is -2.13. The Kier molecular flexibility index (Phi) is 6.08. The number of hydrogen-bond donors (Lipinski definition) is 2. The minimum absolute atomic E-state index is 0.176. The van der Waals surface area contributed by atoms with Crippen molar-refractivity contribution in [1.29, 1.82) is 0 Å². The SMILES string of the molecule is Cc1ccccc1CCNC(=O)c1ccccc1C(=O)NC1CON=C1Cl. The number of hydrogen-bond acceptors (Lipinski definition) is 4. The molecule has 27 heavy (non-hydrogen) atoms. The molecule has 0 fully saturated rings. The van der Waals surface area contributed by atoms with Crippen molar-refractivity contribution in [3.05, 3.63) is 70.8 Å². The van der Waals surface area contributed by atoms with Crippen LogP contribution in [-0.4, -0.2) is 36.2 Å². The van der Waals surface area contributed by atoms with Crippen LogP contribution in [0.25, 0.3) is 0 Å². The summed E-state index contributed by atoms with van der Waals surface area (Å²) in [6, 6.07) is 14.2. The Morgan fingerprint density at radius 2 is 1.78 bits per heavy atom. The van der Waals surface area contributed by atoms with Crippen molar-refractivity contribution in [1.82, 2.24) is 10.6 Å². The van der Waals surface area contributed by atoms with Gasteiger partial charge in [-0.25, -0.2) is 0 Å². The van der Waals surface area contributed by atoms with Crippen LogP contribution >= 0.6 is 11.6 Å². The van der Waals surface area contributed by atoms with Crippen molar-refractivity contribution in [3.63, 3.8) is 0 Å². The first-order valence-corrected chi connectivity index (χ1v) is 9.02. The highest BCUT2D eigenvalue weighted by Crippen LogP contribution is 2.12. The molecule has 0 aliphatic carbocycles. The predicted molar refractivity (Wildman–Crippen MR) is 104 cm³/mol. The van der Waals surface area contributed by atoms with Crippen LogP contribution in [0.15, 0.2) is 53.7 Å². The van der Waals surface area contributed by atoms with E-state index in [9.17, 15) is 9.59 Å². The summed E-state index contributed by atoms with van der Waals surface area (Å²) in [5.41, 5.74) is 2.96. The topological polar surface area (TPSA) is 79.8 Å². The van der Waals surface area contributed by atoms with Gasteiger partial charge in [-0.05, 0) is 36.6 Å². The zero-order valence-corrected chi connectivity index (χ0v) is 15.6. The summed E-state index contributed by atoms with van der Waals surface area (Å²) < 4.78 is 0. The minimum atomic E-state index is -0.503. The fourth-order valence-corrected chi connectivity index (χ4v) is 2.99. The van der Waals surface area contributed by atoms with Crippen LogP contribution in [0.4, 0.5) is 0 Å². The summed E-state index contributed by atoms with van der Waals surface area (Å²) in [4.78, 5) is 30.0. The average Bonchev–Trinajstić information content (AvgIpc) is 3.07. The molecular weight excluding hydrogens is 366 g/mol. The van der Waals surface area contributed by atoms with Crippen LogP contribution in [-0.2, 0) is 11.3 Å². The van der Waals surface area contributed by atoms with Crippen molar-refractivity contribution >= 4 is 28.6 Å². The third-order valence-electron chi connectivity index (χ3n) is 4.34. The number of halogens is 1. The number of amides is 2. The normalized spacial score (nSPS) is 15.6.